The number of carbonyl (C=O) groups is 1. The highest BCUT2D eigenvalue weighted by molar-refractivity contribution is 8.14. The maximum Gasteiger partial charge on any atom is 0.206 e. The molecule has 50 valence electrons. The molecule has 0 unspecified atom stereocenters. The molecule has 2 atom stereocenters. The highest BCUT2D eigenvalue weighted by atomic mass is 32.2. The van der Waals surface area contributed by atoms with Gasteiger partial charge in [0.2, 0.25) is 5.12 Å². The first kappa shape index (κ1) is 5.74. The van der Waals surface area contributed by atoms with Crippen molar-refractivity contribution >= 4 is 16.9 Å². The summed E-state index contributed by atoms with van der Waals surface area (Å²) in [5.74, 6) is 0. The minimum atomic E-state index is 0.264. The topological polar surface area (TPSA) is 20.3 Å². The molecule has 0 spiro atoms. The first-order valence-corrected chi connectivity index (χ1v) is 4.06. The number of nitrogens with zero attached hydrogens (tertiary/aromatic N) is 1. The second kappa shape index (κ2) is 1.73. The van der Waals surface area contributed by atoms with Gasteiger partial charge in [-0.3, -0.25) is 9.69 Å². The number of likely N-dealkylation sites (N-methyl/N-ethyl adjacent to an activating group) is 1. The lowest BCUT2D eigenvalue weighted by Crippen LogP contribution is -2.33. The Hall–Kier alpha value is -0.0200. The van der Waals surface area contributed by atoms with E-state index in [1.807, 2.05) is 7.05 Å². The fourth-order valence-electron chi connectivity index (χ4n) is 1.56. The molecular weight excluding hydrogens is 134 g/mol. The number of hydrogen-bond donors (Lipinski definition) is 0. The number of thioether (sulfide) groups is 1. The maximum atomic E-state index is 11.0. The third kappa shape index (κ3) is 0.715. The number of rotatable bonds is 0. The largest absolute Gasteiger partial charge is 0.295 e. The van der Waals surface area contributed by atoms with E-state index in [0.29, 0.717) is 10.4 Å². The molecule has 2 fully saturated rings. The summed E-state index contributed by atoms with van der Waals surface area (Å²) < 4.78 is 0. The Kier molecular flexibility index (Phi) is 1.11. The molecule has 2 aliphatic rings. The minimum absolute atomic E-state index is 0.264. The predicted molar refractivity (Wildman–Crippen MR) is 37.4 cm³/mol. The Labute approximate surface area is 58.6 Å². The second-order valence-electron chi connectivity index (χ2n) is 2.75. The zero-order valence-electron chi connectivity index (χ0n) is 5.33. The summed E-state index contributed by atoms with van der Waals surface area (Å²) in [6.45, 7) is 1.11. The van der Waals surface area contributed by atoms with Gasteiger partial charge in [-0.25, -0.2) is 0 Å². The fraction of sp³-hybridized carbons (Fsp3) is 0.833. The van der Waals surface area contributed by atoms with Gasteiger partial charge >= 0.3 is 0 Å². The van der Waals surface area contributed by atoms with Gasteiger partial charge < -0.3 is 0 Å². The van der Waals surface area contributed by atoms with Crippen molar-refractivity contribution in [2.45, 2.75) is 17.7 Å². The van der Waals surface area contributed by atoms with Crippen LogP contribution in [0.15, 0.2) is 0 Å². The Morgan fingerprint density at radius 1 is 1.78 bits per heavy atom. The molecular formula is C6H9NOS. The van der Waals surface area contributed by atoms with Gasteiger partial charge in [0.25, 0.3) is 0 Å². The summed E-state index contributed by atoms with van der Waals surface area (Å²) >= 11 is 1.54. The Bertz CT molecular complexity index is 159. The molecule has 0 amide bonds. The van der Waals surface area contributed by atoms with Gasteiger partial charge in [-0.2, -0.15) is 0 Å². The Morgan fingerprint density at radius 3 is 2.89 bits per heavy atom. The van der Waals surface area contributed by atoms with Crippen LogP contribution >= 0.6 is 11.8 Å². The van der Waals surface area contributed by atoms with Crippen molar-refractivity contribution in [3.63, 3.8) is 0 Å². The molecule has 0 aromatic heterocycles. The van der Waals surface area contributed by atoms with Crippen LogP contribution < -0.4 is 0 Å². The molecule has 2 bridgehead atoms. The SMILES string of the molecule is CN1C[C@H]2C[C@H]1C(=O)S2. The minimum Gasteiger partial charge on any atom is -0.295 e. The Morgan fingerprint density at radius 2 is 2.56 bits per heavy atom. The van der Waals surface area contributed by atoms with E-state index in [-0.39, 0.29) is 6.04 Å². The highest BCUT2D eigenvalue weighted by Crippen LogP contribution is 2.37. The average Bonchev–Trinajstić information content (AvgIpc) is 2.22. The van der Waals surface area contributed by atoms with Crippen LogP contribution in [0, 0.1) is 0 Å². The fourth-order valence-corrected chi connectivity index (χ4v) is 2.91. The van der Waals surface area contributed by atoms with Crippen molar-refractivity contribution in [3.05, 3.63) is 0 Å². The molecule has 3 heteroatoms. The van der Waals surface area contributed by atoms with Crippen LogP contribution in [0.1, 0.15) is 6.42 Å². The molecule has 0 aliphatic carbocycles. The lowest BCUT2D eigenvalue weighted by molar-refractivity contribution is -0.114. The zero-order valence-corrected chi connectivity index (χ0v) is 6.15. The van der Waals surface area contributed by atoms with Crippen molar-refractivity contribution in [2.75, 3.05) is 13.6 Å². The maximum absolute atomic E-state index is 11.0. The first-order valence-electron chi connectivity index (χ1n) is 3.18. The molecule has 0 aromatic carbocycles. The first-order chi connectivity index (χ1) is 4.27. The van der Waals surface area contributed by atoms with E-state index in [0.717, 1.165) is 13.0 Å². The van der Waals surface area contributed by atoms with E-state index in [9.17, 15) is 4.79 Å². The quantitative estimate of drug-likeness (QED) is 0.487. The van der Waals surface area contributed by atoms with Crippen molar-refractivity contribution in [1.29, 1.82) is 0 Å². The van der Waals surface area contributed by atoms with E-state index >= 15 is 0 Å². The lowest BCUT2D eigenvalue weighted by Gasteiger charge is -2.19. The lowest BCUT2D eigenvalue weighted by atomic mass is 10.2. The van der Waals surface area contributed by atoms with Gasteiger partial charge in [-0.15, -0.1) is 0 Å². The third-order valence-electron chi connectivity index (χ3n) is 2.06. The third-order valence-corrected chi connectivity index (χ3v) is 3.24. The molecule has 9 heavy (non-hydrogen) atoms. The summed E-state index contributed by atoms with van der Waals surface area (Å²) in [6.07, 6.45) is 1.10. The van der Waals surface area contributed by atoms with E-state index in [1.54, 1.807) is 0 Å². The molecule has 2 saturated heterocycles. The number of likely N-dealkylation sites (tertiary alicyclic amines) is 1. The summed E-state index contributed by atoms with van der Waals surface area (Å²) in [6, 6.07) is 0.264. The van der Waals surface area contributed by atoms with Crippen molar-refractivity contribution in [3.8, 4) is 0 Å². The van der Waals surface area contributed by atoms with Crippen molar-refractivity contribution in [1.82, 2.24) is 4.90 Å². The van der Waals surface area contributed by atoms with Gasteiger partial charge in [0.1, 0.15) is 0 Å². The van der Waals surface area contributed by atoms with Gasteiger partial charge in [0.15, 0.2) is 0 Å². The summed E-state index contributed by atoms with van der Waals surface area (Å²) in [5, 5.41) is 1.00. The smallest absolute Gasteiger partial charge is 0.206 e. The molecule has 0 N–H and O–H groups in total. The van der Waals surface area contributed by atoms with Gasteiger partial charge in [0.05, 0.1) is 6.04 Å². The van der Waals surface area contributed by atoms with Crippen LogP contribution in [-0.4, -0.2) is 34.9 Å². The van der Waals surface area contributed by atoms with Gasteiger partial charge in [-0.05, 0) is 13.5 Å². The van der Waals surface area contributed by atoms with Crippen molar-refractivity contribution < 1.29 is 4.79 Å². The molecule has 2 rings (SSSR count). The number of carbonyl (C=O) groups excluding carboxylic acids is 1. The summed E-state index contributed by atoms with van der Waals surface area (Å²) in [5.41, 5.74) is 0. The zero-order chi connectivity index (χ0) is 6.43. The molecule has 2 nitrogen and oxygen atoms in total. The molecule has 0 saturated carbocycles. The molecule has 2 aliphatic heterocycles. The number of fused-ring (bicyclic) bond motifs is 2. The Balaban J connectivity index is 2.21. The second-order valence-corrected chi connectivity index (χ2v) is 4.05. The highest BCUT2D eigenvalue weighted by Gasteiger charge is 2.42. The van der Waals surface area contributed by atoms with E-state index in [4.69, 9.17) is 0 Å². The van der Waals surface area contributed by atoms with Crippen LogP contribution in [0.25, 0.3) is 0 Å². The van der Waals surface area contributed by atoms with Crippen LogP contribution in [0.4, 0.5) is 0 Å². The van der Waals surface area contributed by atoms with E-state index < -0.39 is 0 Å². The van der Waals surface area contributed by atoms with Crippen LogP contribution in [0.5, 0.6) is 0 Å². The van der Waals surface area contributed by atoms with Crippen LogP contribution in [-0.2, 0) is 4.79 Å². The average molecular weight is 143 g/mol. The number of hydrogen-bond acceptors (Lipinski definition) is 3. The normalized spacial score (nSPS) is 42.6. The monoisotopic (exact) mass is 143 g/mol. The van der Waals surface area contributed by atoms with Gasteiger partial charge in [0, 0.05) is 11.8 Å². The van der Waals surface area contributed by atoms with Crippen molar-refractivity contribution in [2.24, 2.45) is 0 Å². The summed E-state index contributed by atoms with van der Waals surface area (Å²) in [4.78, 5) is 13.1. The summed E-state index contributed by atoms with van der Waals surface area (Å²) in [7, 11) is 2.03. The standard InChI is InChI=1S/C6H9NOS/c1-7-3-4-2-5(7)6(8)9-4/h4-5H,2-3H2,1H3/t4-,5+/m1/s1. The van der Waals surface area contributed by atoms with E-state index in [1.165, 1.54) is 11.8 Å². The molecule has 0 aromatic rings. The van der Waals surface area contributed by atoms with Gasteiger partial charge in [-0.1, -0.05) is 11.8 Å². The van der Waals surface area contributed by atoms with Crippen LogP contribution in [0.3, 0.4) is 0 Å². The van der Waals surface area contributed by atoms with E-state index in [2.05, 4.69) is 4.90 Å². The predicted octanol–water partition coefficient (Wildman–Crippen LogP) is 0.332. The molecule has 2 heterocycles. The molecule has 0 radical (unpaired) electrons. The van der Waals surface area contributed by atoms with Crippen LogP contribution in [0.2, 0.25) is 0 Å².